The van der Waals surface area contributed by atoms with Gasteiger partial charge >= 0.3 is 0 Å². The maximum atomic E-state index is 13.8. The Morgan fingerprint density at radius 3 is 2.57 bits per heavy atom. The van der Waals surface area contributed by atoms with Gasteiger partial charge in [-0.25, -0.2) is 18.7 Å². The monoisotopic (exact) mass is 523 g/mol. The lowest BCUT2D eigenvalue weighted by Crippen LogP contribution is -2.56. The molecule has 1 atom stereocenters. The molecule has 35 heavy (non-hydrogen) atoms. The van der Waals surface area contributed by atoms with Gasteiger partial charge in [0.15, 0.2) is 11.0 Å². The van der Waals surface area contributed by atoms with E-state index in [1.165, 1.54) is 0 Å². The van der Waals surface area contributed by atoms with Gasteiger partial charge in [-0.05, 0) is 74.1 Å². The third kappa shape index (κ3) is 5.89. The van der Waals surface area contributed by atoms with Crippen LogP contribution in [-0.2, 0) is 28.9 Å². The van der Waals surface area contributed by atoms with E-state index in [9.17, 15) is 13.2 Å². The number of ether oxygens (including phenoxy) is 3. The van der Waals surface area contributed by atoms with Gasteiger partial charge in [0.25, 0.3) is 5.91 Å². The van der Waals surface area contributed by atoms with Crippen LogP contribution in [0, 0.1) is 0 Å². The standard InChI is InChI=1S/C25H33NO7S2/c1-2-3-15-31-20-9-7-19(8-10-20)21-11-12-23(34-21)35(28,29)25(13-17-30-18-14-25)24(27)26-33-22-6-4-5-16-32-22/h7-12,22H,2-6,13-18H2,1H3,(H,26,27). The first kappa shape index (κ1) is 26.1. The van der Waals surface area contributed by atoms with Crippen LogP contribution in [0.3, 0.4) is 0 Å². The van der Waals surface area contributed by atoms with Crippen LogP contribution in [0.5, 0.6) is 5.75 Å². The Kier molecular flexibility index (Phi) is 8.82. The molecule has 0 saturated carbocycles. The maximum Gasteiger partial charge on any atom is 0.265 e. The zero-order valence-corrected chi connectivity index (χ0v) is 21.6. The van der Waals surface area contributed by atoms with E-state index in [0.717, 1.165) is 53.2 Å². The predicted molar refractivity (Wildman–Crippen MR) is 133 cm³/mol. The number of hydroxylamine groups is 1. The van der Waals surface area contributed by atoms with Crippen molar-refractivity contribution >= 4 is 27.1 Å². The van der Waals surface area contributed by atoms with Crippen molar-refractivity contribution in [3.8, 4) is 16.2 Å². The van der Waals surface area contributed by atoms with Crippen LogP contribution >= 0.6 is 11.3 Å². The van der Waals surface area contributed by atoms with E-state index in [2.05, 4.69) is 12.4 Å². The largest absolute Gasteiger partial charge is 0.494 e. The number of hydrogen-bond donors (Lipinski definition) is 1. The quantitative estimate of drug-likeness (QED) is 0.362. The third-order valence-corrected chi connectivity index (χ3v) is 10.5. The minimum atomic E-state index is -4.01. The summed E-state index contributed by atoms with van der Waals surface area (Å²) in [7, 11) is -4.01. The second-order valence-electron chi connectivity index (χ2n) is 8.80. The van der Waals surface area contributed by atoms with Crippen molar-refractivity contribution in [2.24, 2.45) is 0 Å². The molecule has 0 spiro atoms. The van der Waals surface area contributed by atoms with E-state index >= 15 is 0 Å². The fourth-order valence-electron chi connectivity index (χ4n) is 4.20. The van der Waals surface area contributed by atoms with E-state index in [1.54, 1.807) is 12.1 Å². The summed E-state index contributed by atoms with van der Waals surface area (Å²) in [5.41, 5.74) is 3.29. The fourth-order valence-corrected chi connectivity index (χ4v) is 7.75. The van der Waals surface area contributed by atoms with Crippen LogP contribution in [0.4, 0.5) is 0 Å². The van der Waals surface area contributed by atoms with Gasteiger partial charge in [0.2, 0.25) is 9.84 Å². The molecule has 10 heteroatoms. The molecule has 192 valence electrons. The van der Waals surface area contributed by atoms with Gasteiger partial charge in [0.05, 0.1) is 6.61 Å². The number of sulfone groups is 1. The van der Waals surface area contributed by atoms with E-state index in [1.807, 2.05) is 24.3 Å². The van der Waals surface area contributed by atoms with Crippen molar-refractivity contribution < 1.29 is 32.3 Å². The molecule has 0 bridgehead atoms. The van der Waals surface area contributed by atoms with Crippen molar-refractivity contribution in [3.05, 3.63) is 36.4 Å². The Morgan fingerprint density at radius 2 is 1.89 bits per heavy atom. The normalized spacial score (nSPS) is 20.3. The van der Waals surface area contributed by atoms with Gasteiger partial charge in [-0.3, -0.25) is 4.79 Å². The SMILES string of the molecule is CCCCOc1ccc(-c2ccc(S(=O)(=O)C3(C(=O)NOC4CCCCO4)CCOCC3)s2)cc1. The number of nitrogens with one attached hydrogen (secondary N) is 1. The molecule has 0 radical (unpaired) electrons. The van der Waals surface area contributed by atoms with Crippen molar-refractivity contribution in [1.29, 1.82) is 0 Å². The zero-order chi connectivity index (χ0) is 24.7. The van der Waals surface area contributed by atoms with Crippen LogP contribution in [0.2, 0.25) is 0 Å². The molecule has 2 aromatic rings. The summed E-state index contributed by atoms with van der Waals surface area (Å²) in [5.74, 6) is 0.116. The van der Waals surface area contributed by atoms with Gasteiger partial charge in [-0.2, -0.15) is 0 Å². The Balaban J connectivity index is 1.51. The highest BCUT2D eigenvalue weighted by atomic mass is 32.2. The number of unbranched alkanes of at least 4 members (excludes halogenated alkanes) is 1. The Hall–Kier alpha value is -1.98. The zero-order valence-electron chi connectivity index (χ0n) is 20.0. The highest BCUT2D eigenvalue weighted by molar-refractivity contribution is 7.95. The van der Waals surface area contributed by atoms with E-state index in [0.29, 0.717) is 19.6 Å². The molecular formula is C25H33NO7S2. The number of hydrogen-bond acceptors (Lipinski definition) is 8. The molecule has 1 amide bonds. The second kappa shape index (κ2) is 11.8. The molecule has 1 aromatic carbocycles. The molecule has 8 nitrogen and oxygen atoms in total. The molecule has 1 N–H and O–H groups in total. The molecule has 4 rings (SSSR count). The van der Waals surface area contributed by atoms with Gasteiger partial charge in [0.1, 0.15) is 9.96 Å². The summed E-state index contributed by atoms with van der Waals surface area (Å²) in [6.45, 7) is 3.71. The van der Waals surface area contributed by atoms with Crippen LogP contribution in [0.15, 0.2) is 40.6 Å². The second-order valence-corrected chi connectivity index (χ2v) is 12.4. The predicted octanol–water partition coefficient (Wildman–Crippen LogP) is 4.49. The first-order valence-electron chi connectivity index (χ1n) is 12.2. The Bertz CT molecular complexity index is 1070. The van der Waals surface area contributed by atoms with Crippen LogP contribution in [-0.4, -0.2) is 51.8 Å². The molecule has 2 aliphatic heterocycles. The smallest absolute Gasteiger partial charge is 0.265 e. The van der Waals surface area contributed by atoms with Gasteiger partial charge in [-0.1, -0.05) is 13.3 Å². The molecular weight excluding hydrogens is 490 g/mol. The van der Waals surface area contributed by atoms with Crippen LogP contribution in [0.1, 0.15) is 51.9 Å². The molecule has 0 aliphatic carbocycles. The van der Waals surface area contributed by atoms with Crippen LogP contribution in [0.25, 0.3) is 10.4 Å². The molecule has 1 unspecified atom stereocenters. The summed E-state index contributed by atoms with van der Waals surface area (Å²) >= 11 is 1.16. The summed E-state index contributed by atoms with van der Waals surface area (Å²) in [6.07, 6.45) is 4.15. The van der Waals surface area contributed by atoms with Crippen molar-refractivity contribution in [1.82, 2.24) is 5.48 Å². The third-order valence-electron chi connectivity index (χ3n) is 6.40. The minimum Gasteiger partial charge on any atom is -0.494 e. The Morgan fingerprint density at radius 1 is 1.11 bits per heavy atom. The average molecular weight is 524 g/mol. The van der Waals surface area contributed by atoms with Crippen LogP contribution < -0.4 is 10.2 Å². The van der Waals surface area contributed by atoms with E-state index in [-0.39, 0.29) is 30.3 Å². The van der Waals surface area contributed by atoms with Crippen molar-refractivity contribution in [2.45, 2.75) is 67.1 Å². The van der Waals surface area contributed by atoms with Crippen molar-refractivity contribution in [3.63, 3.8) is 0 Å². The first-order chi connectivity index (χ1) is 17.0. The van der Waals surface area contributed by atoms with E-state index < -0.39 is 26.8 Å². The fraction of sp³-hybridized carbons (Fsp3) is 0.560. The maximum absolute atomic E-state index is 13.8. The summed E-state index contributed by atoms with van der Waals surface area (Å²) in [6, 6.07) is 11.0. The summed E-state index contributed by atoms with van der Waals surface area (Å²) < 4.78 is 42.8. The topological polar surface area (TPSA) is 100 Å². The number of carbonyl (C=O) groups excluding carboxylic acids is 1. The van der Waals surface area contributed by atoms with Gasteiger partial charge in [-0.15, -0.1) is 11.3 Å². The molecule has 2 aliphatic rings. The molecule has 2 fully saturated rings. The number of thiophene rings is 1. The van der Waals surface area contributed by atoms with E-state index in [4.69, 9.17) is 19.0 Å². The Labute approximate surface area is 210 Å². The van der Waals surface area contributed by atoms with Gasteiger partial charge < -0.3 is 14.2 Å². The summed E-state index contributed by atoms with van der Waals surface area (Å²) in [4.78, 5) is 19.5. The first-order valence-corrected chi connectivity index (χ1v) is 14.5. The molecule has 3 heterocycles. The molecule has 1 aromatic heterocycles. The number of rotatable bonds is 10. The minimum absolute atomic E-state index is 0.0626. The molecule has 2 saturated heterocycles. The summed E-state index contributed by atoms with van der Waals surface area (Å²) in [5, 5.41) is 0. The van der Waals surface area contributed by atoms with Gasteiger partial charge in [0, 0.05) is 31.1 Å². The highest BCUT2D eigenvalue weighted by Crippen LogP contribution is 2.40. The van der Waals surface area contributed by atoms with Crippen molar-refractivity contribution in [2.75, 3.05) is 26.4 Å². The number of amides is 1. The average Bonchev–Trinajstić information content (AvgIpc) is 3.40. The lowest BCUT2D eigenvalue weighted by molar-refractivity contribution is -0.202. The lowest BCUT2D eigenvalue weighted by Gasteiger charge is -2.35. The number of carbonyl (C=O) groups is 1. The lowest BCUT2D eigenvalue weighted by atomic mass is 9.98. The number of benzene rings is 1. The highest BCUT2D eigenvalue weighted by Gasteiger charge is 2.53.